The van der Waals surface area contributed by atoms with Gasteiger partial charge < -0.3 is 5.11 Å². The van der Waals surface area contributed by atoms with Crippen molar-refractivity contribution in [3.05, 3.63) is 59.7 Å². The Morgan fingerprint density at radius 3 is 2.67 bits per heavy atom. The summed E-state index contributed by atoms with van der Waals surface area (Å²) in [5.41, 5.74) is 1.68. The predicted octanol–water partition coefficient (Wildman–Crippen LogP) is 3.80. The molecule has 2 nitrogen and oxygen atoms in total. The fourth-order valence-corrected chi connectivity index (χ4v) is 2.04. The van der Waals surface area contributed by atoms with Gasteiger partial charge in [0, 0.05) is 5.57 Å². The lowest BCUT2D eigenvalue weighted by molar-refractivity contribution is -0.132. The fourth-order valence-electron chi connectivity index (χ4n) is 2.04. The molecule has 0 aliphatic rings. The maximum Gasteiger partial charge on any atom is 0.330 e. The lowest BCUT2D eigenvalue weighted by Crippen LogP contribution is -1.96. The Balaban J connectivity index is 2.18. The first-order chi connectivity index (χ1) is 8.68. The number of benzene rings is 2. The van der Waals surface area contributed by atoms with Crippen LogP contribution in [0.25, 0.3) is 10.8 Å². The third-order valence-electron chi connectivity index (χ3n) is 3.08. The van der Waals surface area contributed by atoms with Crippen molar-refractivity contribution in [2.24, 2.45) is 0 Å². The first-order valence-electron chi connectivity index (χ1n) is 6.05. The van der Waals surface area contributed by atoms with E-state index >= 15 is 0 Å². The average Bonchev–Trinajstić information content (AvgIpc) is 2.38. The van der Waals surface area contributed by atoms with E-state index in [-0.39, 0.29) is 0 Å². The third kappa shape index (κ3) is 2.77. The van der Waals surface area contributed by atoms with Gasteiger partial charge in [-0.05, 0) is 36.1 Å². The third-order valence-corrected chi connectivity index (χ3v) is 3.08. The summed E-state index contributed by atoms with van der Waals surface area (Å²) in [6.45, 7) is 1.63. The minimum Gasteiger partial charge on any atom is -0.478 e. The molecule has 0 saturated heterocycles. The number of allylic oxidation sites excluding steroid dienone is 1. The summed E-state index contributed by atoms with van der Waals surface area (Å²) in [7, 11) is 0. The molecule has 0 heterocycles. The Labute approximate surface area is 107 Å². The van der Waals surface area contributed by atoms with Gasteiger partial charge in [-0.15, -0.1) is 0 Å². The van der Waals surface area contributed by atoms with Gasteiger partial charge >= 0.3 is 5.97 Å². The standard InChI is InChI=1S/C16H16O2/c1-12(16(17)18)6-4-8-14-10-5-9-13-7-2-3-11-15(13)14/h2-3,5-7,9-11H,4,8H2,1H3,(H,17,18). The number of aliphatic carboxylic acids is 1. The first-order valence-corrected chi connectivity index (χ1v) is 6.05. The van der Waals surface area contributed by atoms with Gasteiger partial charge in [-0.25, -0.2) is 4.79 Å². The monoisotopic (exact) mass is 240 g/mol. The minimum absolute atomic E-state index is 0.412. The lowest BCUT2D eigenvalue weighted by atomic mass is 10.0. The second-order valence-corrected chi connectivity index (χ2v) is 4.37. The number of hydrogen-bond donors (Lipinski definition) is 1. The molecular formula is C16H16O2. The van der Waals surface area contributed by atoms with Crippen LogP contribution in [0.3, 0.4) is 0 Å². The number of rotatable bonds is 4. The van der Waals surface area contributed by atoms with Gasteiger partial charge in [-0.1, -0.05) is 48.5 Å². The van der Waals surface area contributed by atoms with Gasteiger partial charge in [-0.2, -0.15) is 0 Å². The van der Waals surface area contributed by atoms with Crippen LogP contribution in [-0.4, -0.2) is 11.1 Å². The first kappa shape index (κ1) is 12.4. The van der Waals surface area contributed by atoms with E-state index < -0.39 is 5.97 Å². The Hall–Kier alpha value is -2.09. The number of carbonyl (C=O) groups is 1. The Morgan fingerprint density at radius 2 is 1.89 bits per heavy atom. The molecule has 0 fully saturated rings. The van der Waals surface area contributed by atoms with Crippen molar-refractivity contribution in [3.8, 4) is 0 Å². The molecular weight excluding hydrogens is 224 g/mol. The average molecular weight is 240 g/mol. The number of hydrogen-bond acceptors (Lipinski definition) is 1. The molecule has 0 amide bonds. The maximum absolute atomic E-state index is 10.7. The predicted molar refractivity (Wildman–Crippen MR) is 73.7 cm³/mol. The molecule has 0 radical (unpaired) electrons. The highest BCUT2D eigenvalue weighted by Gasteiger charge is 2.01. The van der Waals surface area contributed by atoms with E-state index in [2.05, 4.69) is 24.3 Å². The van der Waals surface area contributed by atoms with E-state index in [4.69, 9.17) is 5.11 Å². The van der Waals surface area contributed by atoms with E-state index in [1.54, 1.807) is 13.0 Å². The molecule has 18 heavy (non-hydrogen) atoms. The molecule has 0 atom stereocenters. The van der Waals surface area contributed by atoms with Crippen molar-refractivity contribution in [2.45, 2.75) is 19.8 Å². The normalized spacial score (nSPS) is 11.7. The van der Waals surface area contributed by atoms with Gasteiger partial charge in [0.25, 0.3) is 0 Å². The van der Waals surface area contributed by atoms with Gasteiger partial charge in [0.15, 0.2) is 0 Å². The van der Waals surface area contributed by atoms with Crippen LogP contribution in [0, 0.1) is 0 Å². The van der Waals surface area contributed by atoms with E-state index in [0.717, 1.165) is 12.8 Å². The van der Waals surface area contributed by atoms with E-state index in [1.807, 2.05) is 18.2 Å². The maximum atomic E-state index is 10.7. The van der Waals surface area contributed by atoms with Crippen LogP contribution in [0.2, 0.25) is 0 Å². The van der Waals surface area contributed by atoms with Crippen LogP contribution >= 0.6 is 0 Å². The smallest absolute Gasteiger partial charge is 0.330 e. The van der Waals surface area contributed by atoms with E-state index in [1.165, 1.54) is 16.3 Å². The van der Waals surface area contributed by atoms with Crippen LogP contribution < -0.4 is 0 Å². The second-order valence-electron chi connectivity index (χ2n) is 4.37. The van der Waals surface area contributed by atoms with Crippen LogP contribution in [0.15, 0.2) is 54.1 Å². The molecule has 2 aromatic rings. The summed E-state index contributed by atoms with van der Waals surface area (Å²) in [4.78, 5) is 10.7. The van der Waals surface area contributed by atoms with Crippen LogP contribution in [0.5, 0.6) is 0 Å². The highest BCUT2D eigenvalue weighted by Crippen LogP contribution is 2.19. The SMILES string of the molecule is CC(=CCCc1cccc2ccccc12)C(=O)O. The van der Waals surface area contributed by atoms with Crippen LogP contribution in [0.1, 0.15) is 18.9 Å². The van der Waals surface area contributed by atoms with Crippen LogP contribution in [0.4, 0.5) is 0 Å². The van der Waals surface area contributed by atoms with Gasteiger partial charge in [0.1, 0.15) is 0 Å². The second kappa shape index (κ2) is 5.50. The lowest BCUT2D eigenvalue weighted by Gasteiger charge is -2.05. The number of aryl methyl sites for hydroxylation is 1. The van der Waals surface area contributed by atoms with E-state index in [9.17, 15) is 4.79 Å². The van der Waals surface area contributed by atoms with E-state index in [0.29, 0.717) is 5.57 Å². The van der Waals surface area contributed by atoms with Crippen molar-refractivity contribution in [3.63, 3.8) is 0 Å². The van der Waals surface area contributed by atoms with Crippen molar-refractivity contribution >= 4 is 16.7 Å². The molecule has 0 bridgehead atoms. The molecule has 0 saturated carbocycles. The molecule has 2 heteroatoms. The fraction of sp³-hybridized carbons (Fsp3) is 0.188. The summed E-state index contributed by atoms with van der Waals surface area (Å²) in [6.07, 6.45) is 3.40. The Bertz CT molecular complexity index is 592. The number of fused-ring (bicyclic) bond motifs is 1. The summed E-state index contributed by atoms with van der Waals surface area (Å²) in [6, 6.07) is 14.5. The Kier molecular flexibility index (Phi) is 3.78. The molecule has 2 aromatic carbocycles. The molecule has 0 aliphatic carbocycles. The number of carboxylic acid groups (broad SMARTS) is 1. The molecule has 0 spiro atoms. The van der Waals surface area contributed by atoms with Crippen molar-refractivity contribution in [1.82, 2.24) is 0 Å². The summed E-state index contributed by atoms with van der Waals surface area (Å²) in [5.74, 6) is -0.840. The molecule has 0 aliphatic heterocycles. The van der Waals surface area contributed by atoms with Crippen LogP contribution in [-0.2, 0) is 11.2 Å². The van der Waals surface area contributed by atoms with Crippen molar-refractivity contribution < 1.29 is 9.90 Å². The zero-order valence-corrected chi connectivity index (χ0v) is 10.4. The zero-order valence-electron chi connectivity index (χ0n) is 10.4. The largest absolute Gasteiger partial charge is 0.478 e. The molecule has 0 aromatic heterocycles. The minimum atomic E-state index is -0.840. The molecule has 92 valence electrons. The Morgan fingerprint density at radius 1 is 1.17 bits per heavy atom. The van der Waals surface area contributed by atoms with Crippen molar-refractivity contribution in [2.75, 3.05) is 0 Å². The summed E-state index contributed by atoms with van der Waals surface area (Å²) < 4.78 is 0. The highest BCUT2D eigenvalue weighted by molar-refractivity contribution is 5.86. The molecule has 2 rings (SSSR count). The highest BCUT2D eigenvalue weighted by atomic mass is 16.4. The van der Waals surface area contributed by atoms with Gasteiger partial charge in [-0.3, -0.25) is 0 Å². The van der Waals surface area contributed by atoms with Gasteiger partial charge in [0.05, 0.1) is 0 Å². The molecule has 0 unspecified atom stereocenters. The summed E-state index contributed by atoms with van der Waals surface area (Å²) in [5, 5.41) is 11.3. The molecule has 1 N–H and O–H groups in total. The van der Waals surface area contributed by atoms with Crippen molar-refractivity contribution in [1.29, 1.82) is 0 Å². The summed E-state index contributed by atoms with van der Waals surface area (Å²) >= 11 is 0. The topological polar surface area (TPSA) is 37.3 Å². The number of carboxylic acids is 1. The van der Waals surface area contributed by atoms with Gasteiger partial charge in [0.2, 0.25) is 0 Å². The zero-order chi connectivity index (χ0) is 13.0. The quantitative estimate of drug-likeness (QED) is 0.825.